The lowest BCUT2D eigenvalue weighted by molar-refractivity contribution is -0.134. The van der Waals surface area contributed by atoms with Gasteiger partial charge in [0.15, 0.2) is 0 Å². The molecule has 2 aliphatic rings. The van der Waals surface area contributed by atoms with Gasteiger partial charge >= 0.3 is 0 Å². The molecule has 0 aromatic heterocycles. The van der Waals surface area contributed by atoms with Gasteiger partial charge in [-0.1, -0.05) is 20.8 Å². The van der Waals surface area contributed by atoms with Crippen LogP contribution in [0.5, 0.6) is 0 Å². The van der Waals surface area contributed by atoms with Crippen LogP contribution in [0.4, 0.5) is 0 Å². The van der Waals surface area contributed by atoms with Gasteiger partial charge < -0.3 is 10.1 Å². The Morgan fingerprint density at radius 3 is 2.54 bits per heavy atom. The van der Waals surface area contributed by atoms with Crippen molar-refractivity contribution in [2.24, 2.45) is 0 Å². The highest BCUT2D eigenvalue weighted by molar-refractivity contribution is 4.98. The van der Waals surface area contributed by atoms with Crippen LogP contribution in [0.25, 0.3) is 0 Å². The van der Waals surface area contributed by atoms with Crippen molar-refractivity contribution in [1.82, 2.24) is 10.2 Å². The third kappa shape index (κ3) is 2.42. The zero-order valence-electron chi connectivity index (χ0n) is 9.10. The van der Waals surface area contributed by atoms with Crippen molar-refractivity contribution < 1.29 is 4.74 Å². The van der Waals surface area contributed by atoms with Crippen LogP contribution in [-0.4, -0.2) is 49.8 Å². The Morgan fingerprint density at radius 2 is 2.08 bits per heavy atom. The molecule has 3 nitrogen and oxygen atoms in total. The van der Waals surface area contributed by atoms with E-state index in [4.69, 9.17) is 4.74 Å². The first-order chi connectivity index (χ1) is 6.35. The molecule has 0 unspecified atom stereocenters. The second-order valence-electron chi connectivity index (χ2n) is 3.50. The molecule has 0 amide bonds. The molecule has 1 spiro atoms. The van der Waals surface area contributed by atoms with E-state index in [0.29, 0.717) is 0 Å². The molecule has 0 saturated carbocycles. The van der Waals surface area contributed by atoms with Crippen LogP contribution < -0.4 is 5.32 Å². The standard InChI is InChI=1S/C8H16N2O.C2H6/c1-2-10-3-4-11-8(7-10)5-9-6-8;1-2/h9H,2-7H2,1H3;1-2H3. The number of hydrogen-bond donors (Lipinski definition) is 1. The lowest BCUT2D eigenvalue weighted by Crippen LogP contribution is -2.68. The number of likely N-dealkylation sites (N-methyl/N-ethyl adjacent to an activating group) is 1. The lowest BCUT2D eigenvalue weighted by atomic mass is 9.95. The van der Waals surface area contributed by atoms with Crippen molar-refractivity contribution in [1.29, 1.82) is 0 Å². The van der Waals surface area contributed by atoms with Crippen molar-refractivity contribution in [3.8, 4) is 0 Å². The molecule has 0 aromatic rings. The van der Waals surface area contributed by atoms with Crippen LogP contribution in [0.2, 0.25) is 0 Å². The van der Waals surface area contributed by atoms with Gasteiger partial charge in [-0.15, -0.1) is 0 Å². The van der Waals surface area contributed by atoms with Crippen molar-refractivity contribution in [3.05, 3.63) is 0 Å². The molecule has 2 aliphatic heterocycles. The molecule has 0 radical (unpaired) electrons. The van der Waals surface area contributed by atoms with E-state index in [2.05, 4.69) is 17.1 Å². The van der Waals surface area contributed by atoms with Gasteiger partial charge in [-0.3, -0.25) is 4.90 Å². The minimum Gasteiger partial charge on any atom is -0.370 e. The molecule has 2 saturated heterocycles. The van der Waals surface area contributed by atoms with Crippen LogP contribution in [0.15, 0.2) is 0 Å². The molecule has 1 N–H and O–H groups in total. The predicted octanol–water partition coefficient (Wildman–Crippen LogP) is 0.707. The first kappa shape index (κ1) is 11.0. The molecule has 2 rings (SSSR count). The zero-order valence-corrected chi connectivity index (χ0v) is 9.10. The minimum atomic E-state index is 0.189. The van der Waals surface area contributed by atoms with Crippen LogP contribution in [0.1, 0.15) is 20.8 Å². The molecule has 2 heterocycles. The maximum absolute atomic E-state index is 5.73. The van der Waals surface area contributed by atoms with Crippen molar-refractivity contribution in [3.63, 3.8) is 0 Å². The van der Waals surface area contributed by atoms with E-state index in [1.54, 1.807) is 0 Å². The number of nitrogens with zero attached hydrogens (tertiary/aromatic N) is 1. The molecule has 0 aliphatic carbocycles. The van der Waals surface area contributed by atoms with E-state index in [-0.39, 0.29) is 5.60 Å². The van der Waals surface area contributed by atoms with Gasteiger partial charge in [0, 0.05) is 26.2 Å². The summed E-state index contributed by atoms with van der Waals surface area (Å²) >= 11 is 0. The minimum absolute atomic E-state index is 0.189. The first-order valence-corrected chi connectivity index (χ1v) is 5.42. The Bertz CT molecular complexity index is 146. The summed E-state index contributed by atoms with van der Waals surface area (Å²) in [7, 11) is 0. The highest BCUT2D eigenvalue weighted by Gasteiger charge is 2.41. The molecule has 3 heteroatoms. The van der Waals surface area contributed by atoms with Gasteiger partial charge in [0.1, 0.15) is 5.60 Å². The smallest absolute Gasteiger partial charge is 0.106 e. The largest absolute Gasteiger partial charge is 0.370 e. The molecule has 13 heavy (non-hydrogen) atoms. The SMILES string of the molecule is CC.CCN1CCOC2(CNC2)C1. The number of rotatable bonds is 1. The summed E-state index contributed by atoms with van der Waals surface area (Å²) in [4.78, 5) is 2.46. The fourth-order valence-electron chi connectivity index (χ4n) is 1.81. The molecule has 78 valence electrons. The van der Waals surface area contributed by atoms with E-state index in [0.717, 1.165) is 39.3 Å². The Balaban J connectivity index is 0.000000396. The van der Waals surface area contributed by atoms with E-state index in [9.17, 15) is 0 Å². The molecular weight excluding hydrogens is 164 g/mol. The fraction of sp³-hybridized carbons (Fsp3) is 1.00. The van der Waals surface area contributed by atoms with E-state index >= 15 is 0 Å². The van der Waals surface area contributed by atoms with Gasteiger partial charge in [0.25, 0.3) is 0 Å². The summed E-state index contributed by atoms with van der Waals surface area (Å²) in [6.07, 6.45) is 0. The van der Waals surface area contributed by atoms with Gasteiger partial charge in [-0.05, 0) is 6.54 Å². The highest BCUT2D eigenvalue weighted by Crippen LogP contribution is 2.21. The van der Waals surface area contributed by atoms with Crippen molar-refractivity contribution in [2.75, 3.05) is 39.3 Å². The average Bonchev–Trinajstić information content (AvgIpc) is 2.19. The van der Waals surface area contributed by atoms with Gasteiger partial charge in [-0.25, -0.2) is 0 Å². The van der Waals surface area contributed by atoms with Crippen LogP contribution >= 0.6 is 0 Å². The predicted molar refractivity (Wildman–Crippen MR) is 55.0 cm³/mol. The monoisotopic (exact) mass is 186 g/mol. The summed E-state index contributed by atoms with van der Waals surface area (Å²) < 4.78 is 5.73. The number of morpholine rings is 1. The summed E-state index contributed by atoms with van der Waals surface area (Å²) in [5, 5.41) is 3.26. The van der Waals surface area contributed by atoms with Crippen LogP contribution in [-0.2, 0) is 4.74 Å². The Labute approximate surface area is 81.4 Å². The zero-order chi connectivity index (χ0) is 9.73. The fourth-order valence-corrected chi connectivity index (χ4v) is 1.81. The second-order valence-corrected chi connectivity index (χ2v) is 3.50. The summed E-state index contributed by atoms with van der Waals surface area (Å²) in [5.41, 5.74) is 0.189. The average molecular weight is 186 g/mol. The maximum Gasteiger partial charge on any atom is 0.106 e. The Hall–Kier alpha value is -0.120. The first-order valence-electron chi connectivity index (χ1n) is 5.42. The normalized spacial score (nSPS) is 26.1. The molecule has 2 fully saturated rings. The van der Waals surface area contributed by atoms with Gasteiger partial charge in [0.05, 0.1) is 6.61 Å². The van der Waals surface area contributed by atoms with Crippen molar-refractivity contribution in [2.45, 2.75) is 26.4 Å². The molecule has 0 aromatic carbocycles. The van der Waals surface area contributed by atoms with E-state index in [1.165, 1.54) is 0 Å². The molecular formula is C10H22N2O. The van der Waals surface area contributed by atoms with Gasteiger partial charge in [0.2, 0.25) is 0 Å². The number of ether oxygens (including phenoxy) is 1. The van der Waals surface area contributed by atoms with Crippen LogP contribution in [0, 0.1) is 0 Å². The van der Waals surface area contributed by atoms with E-state index in [1.807, 2.05) is 13.8 Å². The van der Waals surface area contributed by atoms with Crippen molar-refractivity contribution >= 4 is 0 Å². The lowest BCUT2D eigenvalue weighted by Gasteiger charge is -2.48. The summed E-state index contributed by atoms with van der Waals surface area (Å²) in [6.45, 7) is 12.6. The number of hydrogen-bond acceptors (Lipinski definition) is 3. The molecule has 0 bridgehead atoms. The number of nitrogens with one attached hydrogen (secondary N) is 1. The maximum atomic E-state index is 5.73. The third-order valence-corrected chi connectivity index (χ3v) is 2.67. The second kappa shape index (κ2) is 4.94. The topological polar surface area (TPSA) is 24.5 Å². The highest BCUT2D eigenvalue weighted by atomic mass is 16.5. The molecule has 0 atom stereocenters. The van der Waals surface area contributed by atoms with E-state index < -0.39 is 0 Å². The quantitative estimate of drug-likeness (QED) is 0.652. The Morgan fingerprint density at radius 1 is 1.38 bits per heavy atom. The Kier molecular flexibility index (Phi) is 4.16. The van der Waals surface area contributed by atoms with Gasteiger partial charge in [-0.2, -0.15) is 0 Å². The third-order valence-electron chi connectivity index (χ3n) is 2.67. The van der Waals surface area contributed by atoms with Crippen LogP contribution in [0.3, 0.4) is 0 Å². The summed E-state index contributed by atoms with van der Waals surface area (Å²) in [5.74, 6) is 0. The summed E-state index contributed by atoms with van der Waals surface area (Å²) in [6, 6.07) is 0.